The summed E-state index contributed by atoms with van der Waals surface area (Å²) in [6.07, 6.45) is 16.5. The first-order valence-corrected chi connectivity index (χ1v) is 17.8. The summed E-state index contributed by atoms with van der Waals surface area (Å²) in [5.74, 6) is 2.78. The van der Waals surface area contributed by atoms with Crippen LogP contribution < -0.4 is 0 Å². The van der Waals surface area contributed by atoms with Gasteiger partial charge in [-0.25, -0.2) is 9.97 Å². The van der Waals surface area contributed by atoms with Gasteiger partial charge in [0.05, 0.1) is 12.4 Å². The van der Waals surface area contributed by atoms with Gasteiger partial charge < -0.3 is 8.83 Å². The van der Waals surface area contributed by atoms with Crippen LogP contribution >= 0.6 is 22.7 Å². The van der Waals surface area contributed by atoms with Crippen molar-refractivity contribution in [3.8, 4) is 45.6 Å². The van der Waals surface area contributed by atoms with Crippen LogP contribution in [-0.4, -0.2) is 9.97 Å². The minimum atomic E-state index is 0.621. The van der Waals surface area contributed by atoms with Gasteiger partial charge in [0, 0.05) is 41.8 Å². The molecule has 0 unspecified atom stereocenters. The molecule has 0 bridgehead atoms. The Kier molecular flexibility index (Phi) is 9.10. The summed E-state index contributed by atoms with van der Waals surface area (Å²) in [6.45, 7) is 0. The molecule has 6 heteroatoms. The van der Waals surface area contributed by atoms with Crippen LogP contribution in [0.2, 0.25) is 0 Å². The van der Waals surface area contributed by atoms with E-state index in [1.165, 1.54) is 19.5 Å². The van der Waals surface area contributed by atoms with Gasteiger partial charge in [-0.2, -0.15) is 0 Å². The molecule has 0 fully saturated rings. The topological polar surface area (TPSA) is 52.1 Å². The Morgan fingerprint density at radius 2 is 0.720 bits per heavy atom. The molecule has 4 aromatic heterocycles. The third-order valence-corrected chi connectivity index (χ3v) is 10.1. The average molecular weight is 683 g/mol. The lowest BCUT2D eigenvalue weighted by atomic mass is 10.1. The van der Waals surface area contributed by atoms with Gasteiger partial charge in [-0.3, -0.25) is 0 Å². The Balaban J connectivity index is 0.849. The standard InChI is InChI=1S/C44H30N2O2S2/c1-3-7-33(8-4-1)41-29-45-43(47-41)35-17-11-31(12-18-35)15-21-37-23-25-39(49-37)27-28-40-26-24-38(50-40)22-16-32-13-19-36(20-14-32)44-46-30-42(48-44)34-9-5-2-6-10-34/h1-30H. The summed E-state index contributed by atoms with van der Waals surface area (Å²) in [6, 6.07) is 45.2. The number of thiophene rings is 2. The molecule has 0 spiro atoms. The van der Waals surface area contributed by atoms with E-state index >= 15 is 0 Å². The highest BCUT2D eigenvalue weighted by Gasteiger charge is 2.09. The van der Waals surface area contributed by atoms with Crippen molar-refractivity contribution in [1.29, 1.82) is 0 Å². The van der Waals surface area contributed by atoms with Crippen molar-refractivity contribution in [2.24, 2.45) is 0 Å². The van der Waals surface area contributed by atoms with Crippen molar-refractivity contribution < 1.29 is 8.83 Å². The molecule has 240 valence electrons. The molecule has 8 rings (SSSR count). The summed E-state index contributed by atoms with van der Waals surface area (Å²) in [5, 5.41) is 0. The second-order valence-corrected chi connectivity index (χ2v) is 13.8. The highest BCUT2D eigenvalue weighted by Crippen LogP contribution is 2.29. The van der Waals surface area contributed by atoms with Crippen molar-refractivity contribution >= 4 is 59.1 Å². The van der Waals surface area contributed by atoms with E-state index in [1.54, 1.807) is 35.1 Å². The van der Waals surface area contributed by atoms with Gasteiger partial charge in [0.1, 0.15) is 0 Å². The molecule has 0 saturated carbocycles. The summed E-state index contributed by atoms with van der Waals surface area (Å²) in [7, 11) is 0. The van der Waals surface area contributed by atoms with Gasteiger partial charge >= 0.3 is 0 Å². The molecular formula is C44H30N2O2S2. The van der Waals surface area contributed by atoms with Gasteiger partial charge in [-0.05, 0) is 84.0 Å². The summed E-state index contributed by atoms with van der Waals surface area (Å²) in [5.41, 5.74) is 6.19. The Hall–Kier alpha value is -6.08. The zero-order valence-corrected chi connectivity index (χ0v) is 28.5. The Morgan fingerprint density at radius 3 is 1.10 bits per heavy atom. The van der Waals surface area contributed by atoms with E-state index in [9.17, 15) is 0 Å². The third kappa shape index (κ3) is 7.47. The Bertz CT molecular complexity index is 2240. The van der Waals surface area contributed by atoms with Gasteiger partial charge in [-0.15, -0.1) is 22.7 Å². The van der Waals surface area contributed by atoms with E-state index in [0.29, 0.717) is 11.8 Å². The van der Waals surface area contributed by atoms with Crippen LogP contribution in [0.5, 0.6) is 0 Å². The molecule has 0 amide bonds. The van der Waals surface area contributed by atoms with Crippen molar-refractivity contribution in [2.75, 3.05) is 0 Å². The fraction of sp³-hybridized carbons (Fsp3) is 0. The maximum absolute atomic E-state index is 6.00. The maximum Gasteiger partial charge on any atom is 0.226 e. The first kappa shape index (κ1) is 31.2. The van der Waals surface area contributed by atoms with Crippen molar-refractivity contribution in [2.45, 2.75) is 0 Å². The highest BCUT2D eigenvalue weighted by atomic mass is 32.1. The molecule has 0 aliphatic rings. The zero-order chi connectivity index (χ0) is 33.5. The number of hydrogen-bond acceptors (Lipinski definition) is 6. The SMILES string of the molecule is C(=Cc1ccc(C=Cc2ccc(C=Cc3ccc(-c4ncc(-c5ccccc5)o4)cc3)s2)s1)c1ccc(-c2ncc(-c3ccccc3)o2)cc1. The lowest BCUT2D eigenvalue weighted by Crippen LogP contribution is -1.77. The Morgan fingerprint density at radius 1 is 0.360 bits per heavy atom. The predicted molar refractivity (Wildman–Crippen MR) is 210 cm³/mol. The average Bonchev–Trinajstić information content (AvgIpc) is 4.02. The second-order valence-electron chi connectivity index (χ2n) is 11.5. The summed E-state index contributed by atoms with van der Waals surface area (Å²) < 4.78 is 12.0. The number of hydrogen-bond donors (Lipinski definition) is 0. The van der Waals surface area contributed by atoms with Crippen LogP contribution in [0.25, 0.3) is 82.0 Å². The first-order valence-electron chi connectivity index (χ1n) is 16.2. The maximum atomic E-state index is 6.00. The smallest absolute Gasteiger partial charge is 0.226 e. The van der Waals surface area contributed by atoms with Crippen LogP contribution in [0.1, 0.15) is 30.6 Å². The fourth-order valence-corrected chi connectivity index (χ4v) is 7.01. The zero-order valence-electron chi connectivity index (χ0n) is 26.8. The van der Waals surface area contributed by atoms with Crippen LogP contribution in [0.15, 0.2) is 155 Å². The molecule has 50 heavy (non-hydrogen) atoms. The molecule has 0 aliphatic heterocycles. The number of aromatic nitrogens is 2. The molecule has 4 aromatic carbocycles. The third-order valence-electron chi connectivity index (χ3n) is 8.03. The van der Waals surface area contributed by atoms with Gasteiger partial charge in [0.15, 0.2) is 11.5 Å². The van der Waals surface area contributed by atoms with Crippen LogP contribution in [-0.2, 0) is 0 Å². The molecule has 4 nitrogen and oxygen atoms in total. The van der Waals surface area contributed by atoms with Crippen LogP contribution in [0.4, 0.5) is 0 Å². The van der Waals surface area contributed by atoms with Gasteiger partial charge in [0.25, 0.3) is 0 Å². The van der Waals surface area contributed by atoms with E-state index in [0.717, 1.165) is 44.9 Å². The van der Waals surface area contributed by atoms with Crippen LogP contribution in [0, 0.1) is 0 Å². The molecule has 0 saturated heterocycles. The molecule has 0 aliphatic carbocycles. The minimum absolute atomic E-state index is 0.621. The van der Waals surface area contributed by atoms with Crippen molar-refractivity contribution in [3.05, 3.63) is 176 Å². The van der Waals surface area contributed by atoms with Crippen molar-refractivity contribution in [3.63, 3.8) is 0 Å². The van der Waals surface area contributed by atoms with Crippen molar-refractivity contribution in [1.82, 2.24) is 9.97 Å². The summed E-state index contributed by atoms with van der Waals surface area (Å²) in [4.78, 5) is 13.8. The van der Waals surface area contributed by atoms with E-state index in [4.69, 9.17) is 8.83 Å². The van der Waals surface area contributed by atoms with E-state index in [2.05, 4.69) is 95.0 Å². The molecule has 0 atom stereocenters. The molecular weight excluding hydrogens is 653 g/mol. The lowest BCUT2D eigenvalue weighted by Gasteiger charge is -1.98. The minimum Gasteiger partial charge on any atom is -0.436 e. The largest absolute Gasteiger partial charge is 0.436 e. The normalized spacial score (nSPS) is 11.8. The lowest BCUT2D eigenvalue weighted by molar-refractivity contribution is 0.588. The number of rotatable bonds is 10. The van der Waals surface area contributed by atoms with E-state index in [1.807, 2.05) is 84.9 Å². The van der Waals surface area contributed by atoms with Gasteiger partial charge in [0.2, 0.25) is 11.8 Å². The number of nitrogens with zero attached hydrogens (tertiary/aromatic N) is 2. The van der Waals surface area contributed by atoms with Crippen LogP contribution in [0.3, 0.4) is 0 Å². The molecule has 0 radical (unpaired) electrons. The Labute approximate surface area is 298 Å². The highest BCUT2D eigenvalue weighted by molar-refractivity contribution is 7.14. The molecule has 0 N–H and O–H groups in total. The number of oxazole rings is 2. The molecule has 8 aromatic rings. The quantitative estimate of drug-likeness (QED) is 0.144. The van der Waals surface area contributed by atoms with E-state index < -0.39 is 0 Å². The second kappa shape index (κ2) is 14.6. The van der Waals surface area contributed by atoms with Gasteiger partial charge in [-0.1, -0.05) is 97.1 Å². The fourth-order valence-electron chi connectivity index (χ4n) is 5.38. The number of benzene rings is 4. The predicted octanol–water partition coefficient (Wildman–Crippen LogP) is 13.0. The summed E-state index contributed by atoms with van der Waals surface area (Å²) >= 11 is 3.53. The van der Waals surface area contributed by atoms with E-state index in [-0.39, 0.29) is 0 Å². The monoisotopic (exact) mass is 682 g/mol. The molecule has 4 heterocycles. The first-order chi connectivity index (χ1) is 24.7.